The van der Waals surface area contributed by atoms with Gasteiger partial charge in [0.25, 0.3) is 5.91 Å². The van der Waals surface area contributed by atoms with Crippen molar-refractivity contribution in [2.45, 2.75) is 101 Å². The van der Waals surface area contributed by atoms with E-state index >= 15 is 0 Å². The molecule has 196 valence electrons. The molecule has 2 heterocycles. The van der Waals surface area contributed by atoms with Crippen LogP contribution in [0.5, 0.6) is 0 Å². The van der Waals surface area contributed by atoms with E-state index in [-0.39, 0.29) is 24.1 Å². The van der Waals surface area contributed by atoms with Crippen LogP contribution in [-0.4, -0.2) is 47.0 Å². The average molecular weight is 512 g/mol. The van der Waals surface area contributed by atoms with E-state index in [4.69, 9.17) is 0 Å². The number of fused-ring (bicyclic) bond motifs is 1. The second-order valence-corrected chi connectivity index (χ2v) is 12.4. The fourth-order valence-corrected chi connectivity index (χ4v) is 7.07. The second-order valence-electron chi connectivity index (χ2n) is 11.3. The van der Waals surface area contributed by atoms with Crippen LogP contribution >= 0.6 is 11.8 Å². The molecule has 2 N–H and O–H groups in total. The lowest BCUT2D eigenvalue weighted by Crippen LogP contribution is -2.52. The Morgan fingerprint density at radius 3 is 2.50 bits per heavy atom. The summed E-state index contributed by atoms with van der Waals surface area (Å²) in [4.78, 5) is 39.8. The molecule has 2 unspecified atom stereocenters. The van der Waals surface area contributed by atoms with Crippen LogP contribution in [0, 0.1) is 17.8 Å². The van der Waals surface area contributed by atoms with Gasteiger partial charge in [0.15, 0.2) is 0 Å². The van der Waals surface area contributed by atoms with Crippen molar-refractivity contribution >= 4 is 29.5 Å². The van der Waals surface area contributed by atoms with Gasteiger partial charge in [0, 0.05) is 29.5 Å². The van der Waals surface area contributed by atoms with Crippen LogP contribution in [0.4, 0.5) is 0 Å². The zero-order chi connectivity index (χ0) is 25.1. The van der Waals surface area contributed by atoms with Gasteiger partial charge in [0.1, 0.15) is 6.04 Å². The molecule has 0 aromatic heterocycles. The summed E-state index contributed by atoms with van der Waals surface area (Å²) in [5.41, 5.74) is 1.75. The smallest absolute Gasteiger partial charge is 0.255 e. The molecule has 2 atom stereocenters. The van der Waals surface area contributed by atoms with Crippen molar-refractivity contribution in [1.82, 2.24) is 15.5 Å². The topological polar surface area (TPSA) is 78.5 Å². The molecule has 7 heteroatoms. The summed E-state index contributed by atoms with van der Waals surface area (Å²) in [6.45, 7) is 3.90. The highest BCUT2D eigenvalue weighted by Crippen LogP contribution is 2.44. The number of unbranched alkanes of at least 4 members (excludes halogenated alkanes) is 1. The van der Waals surface area contributed by atoms with E-state index in [0.29, 0.717) is 18.5 Å². The van der Waals surface area contributed by atoms with Crippen molar-refractivity contribution < 1.29 is 14.4 Å². The van der Waals surface area contributed by atoms with Crippen LogP contribution in [0.15, 0.2) is 23.1 Å². The van der Waals surface area contributed by atoms with Gasteiger partial charge in [0.2, 0.25) is 11.8 Å². The molecule has 4 aliphatic rings. The van der Waals surface area contributed by atoms with Crippen LogP contribution in [0.25, 0.3) is 0 Å². The van der Waals surface area contributed by atoms with Gasteiger partial charge in [-0.2, -0.15) is 0 Å². The number of thioether (sulfide) groups is 1. The maximum Gasteiger partial charge on any atom is 0.255 e. The van der Waals surface area contributed by atoms with Crippen molar-refractivity contribution in [3.05, 3.63) is 29.3 Å². The second kappa shape index (κ2) is 11.7. The Morgan fingerprint density at radius 2 is 1.81 bits per heavy atom. The molecule has 3 fully saturated rings. The Labute approximate surface area is 219 Å². The number of imide groups is 1. The molecule has 3 amide bonds. The number of benzene rings is 1. The van der Waals surface area contributed by atoms with Gasteiger partial charge >= 0.3 is 0 Å². The Hall–Kier alpha value is -1.86. The third-order valence-corrected chi connectivity index (χ3v) is 9.61. The number of nitrogens with one attached hydrogen (secondary N) is 2. The van der Waals surface area contributed by atoms with Gasteiger partial charge in [-0.05, 0) is 99.1 Å². The maximum atomic E-state index is 13.1. The lowest BCUT2D eigenvalue weighted by Gasteiger charge is -2.29. The number of rotatable bonds is 14. The monoisotopic (exact) mass is 511 g/mol. The number of piperidine rings is 1. The predicted molar refractivity (Wildman–Crippen MR) is 143 cm³/mol. The highest BCUT2D eigenvalue weighted by atomic mass is 32.2. The molecule has 1 aromatic carbocycles. The van der Waals surface area contributed by atoms with Crippen LogP contribution in [0.3, 0.4) is 0 Å². The van der Waals surface area contributed by atoms with Crippen LogP contribution in [0.1, 0.15) is 93.5 Å². The van der Waals surface area contributed by atoms with E-state index in [2.05, 4.69) is 23.6 Å². The summed E-state index contributed by atoms with van der Waals surface area (Å²) in [6, 6.07) is 6.16. The number of carbonyl (C=O) groups is 3. The molecule has 2 saturated carbocycles. The fraction of sp³-hybridized carbons (Fsp3) is 0.690. The molecule has 36 heavy (non-hydrogen) atoms. The Bertz CT molecular complexity index is 963. The Balaban J connectivity index is 1.13. The first-order valence-electron chi connectivity index (χ1n) is 14.2. The van der Waals surface area contributed by atoms with Crippen molar-refractivity contribution in [2.75, 3.05) is 12.3 Å². The summed E-state index contributed by atoms with van der Waals surface area (Å²) in [7, 11) is 0. The van der Waals surface area contributed by atoms with Crippen LogP contribution < -0.4 is 10.6 Å². The van der Waals surface area contributed by atoms with E-state index in [0.717, 1.165) is 40.0 Å². The minimum atomic E-state index is -0.553. The normalized spacial score (nSPS) is 22.8. The summed E-state index contributed by atoms with van der Waals surface area (Å²) in [5, 5.41) is 6.38. The van der Waals surface area contributed by atoms with E-state index in [1.54, 1.807) is 4.90 Å². The van der Waals surface area contributed by atoms with Gasteiger partial charge in [-0.25, -0.2) is 0 Å². The number of nitrogens with zero attached hydrogens (tertiary/aromatic N) is 1. The van der Waals surface area contributed by atoms with Gasteiger partial charge in [-0.15, -0.1) is 11.8 Å². The fourth-order valence-electron chi connectivity index (χ4n) is 6.02. The Morgan fingerprint density at radius 1 is 1.06 bits per heavy atom. The van der Waals surface area contributed by atoms with Crippen LogP contribution in [-0.2, 0) is 16.1 Å². The highest BCUT2D eigenvalue weighted by Gasteiger charge is 2.41. The molecular formula is C29H41N3O3S. The predicted octanol–water partition coefficient (Wildman–Crippen LogP) is 4.90. The van der Waals surface area contributed by atoms with Crippen molar-refractivity contribution in [3.8, 4) is 0 Å². The van der Waals surface area contributed by atoms with Crippen molar-refractivity contribution in [3.63, 3.8) is 0 Å². The standard InChI is InChI=1S/C29H41N3O3S/c1-2-3-6-19(17-30-27(20-10-11-20)21-12-13-21)7-5-16-36-25-9-4-8-22-23(25)18-32(29(22)35)24-14-15-26(33)31-28(24)34/h4,8-9,19-21,24,27,30H,2-3,5-7,10-18H2,1H3,(H,31,33,34). The molecule has 5 rings (SSSR count). The molecule has 0 radical (unpaired) electrons. The largest absolute Gasteiger partial charge is 0.322 e. The molecule has 6 nitrogen and oxygen atoms in total. The average Bonchev–Trinajstić information content (AvgIpc) is 3.80. The first-order valence-corrected chi connectivity index (χ1v) is 15.2. The molecule has 0 bridgehead atoms. The zero-order valence-electron chi connectivity index (χ0n) is 21.6. The van der Waals surface area contributed by atoms with E-state index in [1.807, 2.05) is 23.9 Å². The lowest BCUT2D eigenvalue weighted by molar-refractivity contribution is -0.136. The van der Waals surface area contributed by atoms with Crippen molar-refractivity contribution in [2.24, 2.45) is 17.8 Å². The summed E-state index contributed by atoms with van der Waals surface area (Å²) >= 11 is 1.84. The number of amides is 3. The molecule has 1 saturated heterocycles. The van der Waals surface area contributed by atoms with Crippen molar-refractivity contribution in [1.29, 1.82) is 0 Å². The SMILES string of the molecule is CCCCC(CCCSc1cccc2c1CN(C1CCC(=O)NC1=O)C2=O)CNC(C1CC1)C1CC1. The van der Waals surface area contributed by atoms with Gasteiger partial charge in [-0.3, -0.25) is 19.7 Å². The van der Waals surface area contributed by atoms with Gasteiger partial charge in [0.05, 0.1) is 0 Å². The molecule has 0 spiro atoms. The third kappa shape index (κ3) is 6.16. The lowest BCUT2D eigenvalue weighted by atomic mass is 9.96. The summed E-state index contributed by atoms with van der Waals surface area (Å²) < 4.78 is 0. The third-order valence-electron chi connectivity index (χ3n) is 8.42. The minimum absolute atomic E-state index is 0.0893. The summed E-state index contributed by atoms with van der Waals surface area (Å²) in [6.07, 6.45) is 12.7. The van der Waals surface area contributed by atoms with E-state index < -0.39 is 6.04 Å². The number of carbonyl (C=O) groups excluding carboxylic acids is 3. The van der Waals surface area contributed by atoms with Gasteiger partial charge < -0.3 is 10.2 Å². The molecule has 2 aliphatic carbocycles. The number of hydrogen-bond acceptors (Lipinski definition) is 5. The zero-order valence-corrected chi connectivity index (χ0v) is 22.4. The molecule has 1 aromatic rings. The van der Waals surface area contributed by atoms with Gasteiger partial charge in [-0.1, -0.05) is 25.8 Å². The first-order chi connectivity index (χ1) is 17.5. The highest BCUT2D eigenvalue weighted by molar-refractivity contribution is 7.99. The summed E-state index contributed by atoms with van der Waals surface area (Å²) in [5.74, 6) is 2.99. The van der Waals surface area contributed by atoms with Crippen LogP contribution in [0.2, 0.25) is 0 Å². The van der Waals surface area contributed by atoms with E-state index in [1.165, 1.54) is 64.3 Å². The first kappa shape index (κ1) is 25.8. The van der Waals surface area contributed by atoms with E-state index in [9.17, 15) is 14.4 Å². The maximum absolute atomic E-state index is 13.1. The quantitative estimate of drug-likeness (QED) is 0.211. The molecule has 2 aliphatic heterocycles. The minimum Gasteiger partial charge on any atom is -0.322 e. The Kier molecular flexibility index (Phi) is 8.36. The molecular weight excluding hydrogens is 470 g/mol. The number of hydrogen-bond donors (Lipinski definition) is 2.